The fraction of sp³-hybridized carbons (Fsp3) is 0.636. The van der Waals surface area contributed by atoms with E-state index >= 15 is 0 Å². The van der Waals surface area contributed by atoms with Gasteiger partial charge in [-0.3, -0.25) is 0 Å². The fourth-order valence-electron chi connectivity index (χ4n) is 2.18. The van der Waals surface area contributed by atoms with Crippen LogP contribution in [0.4, 0.5) is 5.82 Å². The number of rotatable bonds is 4. The summed E-state index contributed by atoms with van der Waals surface area (Å²) in [6.07, 6.45) is 5.16. The second kappa shape index (κ2) is 5.30. The molecule has 0 radical (unpaired) electrons. The van der Waals surface area contributed by atoms with Crippen LogP contribution in [-0.2, 0) is 10.0 Å². The normalized spacial score (nSPS) is 20.0. The van der Waals surface area contributed by atoms with Gasteiger partial charge in [-0.15, -0.1) is 0 Å². The number of hydrogen-bond acceptors (Lipinski definition) is 6. The van der Waals surface area contributed by atoms with Crippen LogP contribution in [0.1, 0.15) is 6.42 Å². The van der Waals surface area contributed by atoms with Crippen LogP contribution in [0.25, 0.3) is 0 Å². The first-order valence-electron chi connectivity index (χ1n) is 5.96. The summed E-state index contributed by atoms with van der Waals surface area (Å²) in [6.45, 7) is 1.33. The Morgan fingerprint density at radius 1 is 1.42 bits per heavy atom. The summed E-state index contributed by atoms with van der Waals surface area (Å²) < 4.78 is 29.7. The molecular weight excluding hydrogens is 268 g/mol. The molecule has 1 fully saturated rings. The minimum atomic E-state index is -3.17. The molecule has 1 aliphatic heterocycles. The van der Waals surface area contributed by atoms with E-state index in [4.69, 9.17) is 4.74 Å². The van der Waals surface area contributed by atoms with Gasteiger partial charge >= 0.3 is 0 Å². The molecule has 1 saturated heterocycles. The summed E-state index contributed by atoms with van der Waals surface area (Å²) >= 11 is 0. The number of sulfonamides is 1. The second-order valence-electron chi connectivity index (χ2n) is 4.56. The molecule has 8 heteroatoms. The molecule has 0 saturated carbocycles. The van der Waals surface area contributed by atoms with Crippen LogP contribution in [-0.4, -0.2) is 62.2 Å². The zero-order chi connectivity index (χ0) is 14.0. The molecule has 0 N–H and O–H groups in total. The highest BCUT2D eigenvalue weighted by Crippen LogP contribution is 2.27. The van der Waals surface area contributed by atoms with Crippen LogP contribution in [0.5, 0.6) is 5.88 Å². The second-order valence-corrected chi connectivity index (χ2v) is 6.60. The first-order valence-corrected chi connectivity index (χ1v) is 7.81. The van der Waals surface area contributed by atoms with Crippen LogP contribution < -0.4 is 9.64 Å². The van der Waals surface area contributed by atoms with E-state index in [1.807, 2.05) is 4.90 Å². The van der Waals surface area contributed by atoms with Gasteiger partial charge < -0.3 is 9.64 Å². The largest absolute Gasteiger partial charge is 0.478 e. The van der Waals surface area contributed by atoms with Crippen LogP contribution in [0.3, 0.4) is 0 Å². The van der Waals surface area contributed by atoms with E-state index < -0.39 is 10.0 Å². The standard InChI is InChI=1S/C11H18N4O3S/c1-14(19(3,16)17)9-4-7-15(8-9)10-11(18-2)13-6-5-12-10/h5-6,9H,4,7-8H2,1-3H3. The Morgan fingerprint density at radius 2 is 2.11 bits per heavy atom. The summed E-state index contributed by atoms with van der Waals surface area (Å²) in [7, 11) is -0.0143. The molecule has 2 rings (SSSR count). The van der Waals surface area contributed by atoms with Gasteiger partial charge in [0.05, 0.1) is 13.4 Å². The monoisotopic (exact) mass is 286 g/mol. The van der Waals surface area contributed by atoms with Gasteiger partial charge in [-0.2, -0.15) is 0 Å². The zero-order valence-electron chi connectivity index (χ0n) is 11.3. The summed E-state index contributed by atoms with van der Waals surface area (Å²) in [4.78, 5) is 10.4. The molecular formula is C11H18N4O3S. The molecule has 2 heterocycles. The van der Waals surface area contributed by atoms with Gasteiger partial charge in [0.1, 0.15) is 0 Å². The number of methoxy groups -OCH3 is 1. The van der Waals surface area contributed by atoms with Crippen molar-refractivity contribution >= 4 is 15.8 Å². The molecule has 1 unspecified atom stereocenters. The van der Waals surface area contributed by atoms with Crippen molar-refractivity contribution in [3.63, 3.8) is 0 Å². The Kier molecular flexibility index (Phi) is 3.91. The number of ether oxygens (including phenoxy) is 1. The maximum absolute atomic E-state index is 11.5. The third-order valence-electron chi connectivity index (χ3n) is 3.34. The van der Waals surface area contributed by atoms with Crippen LogP contribution in [0, 0.1) is 0 Å². The summed E-state index contributed by atoms with van der Waals surface area (Å²) in [5, 5.41) is 0. The van der Waals surface area contributed by atoms with Crippen molar-refractivity contribution in [2.45, 2.75) is 12.5 Å². The van der Waals surface area contributed by atoms with Crippen molar-refractivity contribution in [1.82, 2.24) is 14.3 Å². The Balaban J connectivity index is 2.14. The molecule has 7 nitrogen and oxygen atoms in total. The van der Waals surface area contributed by atoms with Crippen LogP contribution in [0.2, 0.25) is 0 Å². The highest BCUT2D eigenvalue weighted by molar-refractivity contribution is 7.88. The first-order chi connectivity index (χ1) is 8.93. The van der Waals surface area contributed by atoms with Gasteiger partial charge in [-0.25, -0.2) is 22.7 Å². The third-order valence-corrected chi connectivity index (χ3v) is 4.68. The van der Waals surface area contributed by atoms with Gasteiger partial charge in [-0.05, 0) is 6.42 Å². The number of anilines is 1. The molecule has 0 aromatic carbocycles. The summed E-state index contributed by atoms with van der Waals surface area (Å²) in [5.41, 5.74) is 0. The van der Waals surface area contributed by atoms with Crippen molar-refractivity contribution in [1.29, 1.82) is 0 Å². The van der Waals surface area contributed by atoms with Crippen LogP contribution >= 0.6 is 0 Å². The first kappa shape index (κ1) is 14.0. The van der Waals surface area contributed by atoms with Gasteiger partial charge in [0.25, 0.3) is 5.88 Å². The molecule has 19 heavy (non-hydrogen) atoms. The molecule has 0 spiro atoms. The maximum atomic E-state index is 11.5. The van der Waals surface area contributed by atoms with Gasteiger partial charge in [-0.1, -0.05) is 0 Å². The summed E-state index contributed by atoms with van der Waals surface area (Å²) in [6, 6.07) is -0.0401. The molecule has 1 aromatic heterocycles. The Labute approximate surface area is 113 Å². The lowest BCUT2D eigenvalue weighted by molar-refractivity contribution is 0.389. The molecule has 106 valence electrons. The SMILES string of the molecule is COc1nccnc1N1CCC(N(C)S(C)(=O)=O)C1. The van der Waals surface area contributed by atoms with Gasteiger partial charge in [0, 0.05) is 38.6 Å². The highest BCUT2D eigenvalue weighted by Gasteiger charge is 2.32. The topological polar surface area (TPSA) is 75.6 Å². The van der Waals surface area contributed by atoms with Crippen LogP contribution in [0.15, 0.2) is 12.4 Å². The van der Waals surface area contributed by atoms with Crippen molar-refractivity contribution < 1.29 is 13.2 Å². The van der Waals surface area contributed by atoms with Crippen molar-refractivity contribution in [3.05, 3.63) is 12.4 Å². The quantitative estimate of drug-likeness (QED) is 0.773. The Morgan fingerprint density at radius 3 is 2.74 bits per heavy atom. The average molecular weight is 286 g/mol. The van der Waals surface area contributed by atoms with Gasteiger partial charge in [0.15, 0.2) is 5.82 Å². The summed E-state index contributed by atoms with van der Waals surface area (Å²) in [5.74, 6) is 1.12. The number of likely N-dealkylation sites (N-methyl/N-ethyl adjacent to an activating group) is 1. The zero-order valence-corrected chi connectivity index (χ0v) is 12.1. The lowest BCUT2D eigenvalue weighted by atomic mass is 10.3. The van der Waals surface area contributed by atoms with E-state index in [1.54, 1.807) is 26.6 Å². The predicted molar refractivity (Wildman–Crippen MR) is 71.8 cm³/mol. The predicted octanol–water partition coefficient (Wildman–Crippen LogP) is -0.0447. The maximum Gasteiger partial charge on any atom is 0.257 e. The Hall–Kier alpha value is -1.41. The van der Waals surface area contributed by atoms with E-state index in [2.05, 4.69) is 9.97 Å². The molecule has 0 aliphatic carbocycles. The average Bonchev–Trinajstić information content (AvgIpc) is 2.86. The fourth-order valence-corrected chi connectivity index (χ4v) is 2.89. The molecule has 1 aromatic rings. The van der Waals surface area contributed by atoms with Crippen molar-refractivity contribution in [2.24, 2.45) is 0 Å². The Bertz CT molecular complexity index is 549. The van der Waals surface area contributed by atoms with Gasteiger partial charge in [0.2, 0.25) is 10.0 Å². The van der Waals surface area contributed by atoms with E-state index in [1.165, 1.54) is 10.6 Å². The number of nitrogens with zero attached hydrogens (tertiary/aromatic N) is 4. The van der Waals surface area contributed by atoms with Crippen molar-refractivity contribution in [3.8, 4) is 5.88 Å². The number of aromatic nitrogens is 2. The lowest BCUT2D eigenvalue weighted by Crippen LogP contribution is -2.38. The minimum Gasteiger partial charge on any atom is -0.478 e. The van der Waals surface area contributed by atoms with Crippen molar-refractivity contribution in [2.75, 3.05) is 38.4 Å². The van der Waals surface area contributed by atoms with E-state index in [0.29, 0.717) is 18.2 Å². The highest BCUT2D eigenvalue weighted by atomic mass is 32.2. The minimum absolute atomic E-state index is 0.0401. The lowest BCUT2D eigenvalue weighted by Gasteiger charge is -2.23. The molecule has 1 atom stereocenters. The molecule has 0 amide bonds. The third kappa shape index (κ3) is 2.95. The van der Waals surface area contributed by atoms with E-state index in [9.17, 15) is 8.42 Å². The van der Waals surface area contributed by atoms with E-state index in [0.717, 1.165) is 13.0 Å². The van der Waals surface area contributed by atoms with E-state index in [-0.39, 0.29) is 6.04 Å². The smallest absolute Gasteiger partial charge is 0.257 e. The number of hydrogen-bond donors (Lipinski definition) is 0. The molecule has 0 bridgehead atoms. The molecule has 1 aliphatic rings.